The first-order chi connectivity index (χ1) is 19.5. The maximum atomic E-state index is 13.3. The summed E-state index contributed by atoms with van der Waals surface area (Å²) in [4.78, 5) is 51.1. The Labute approximate surface area is 252 Å². The third-order valence-corrected chi connectivity index (χ3v) is 6.08. The zero-order valence-electron chi connectivity index (χ0n) is 25.6. The van der Waals surface area contributed by atoms with E-state index >= 15 is 0 Å². The number of amides is 4. The minimum absolute atomic E-state index is 0.112. The van der Waals surface area contributed by atoms with Crippen LogP contribution in [-0.4, -0.2) is 48.9 Å². The Morgan fingerprint density at radius 2 is 1.60 bits per heavy atom. The minimum atomic E-state index is -0.869. The topological polar surface area (TPSA) is 132 Å². The summed E-state index contributed by atoms with van der Waals surface area (Å²) in [6, 6.07) is 10.6. The fourth-order valence-electron chi connectivity index (χ4n) is 4.00. The fourth-order valence-corrected chi connectivity index (χ4v) is 4.19. The van der Waals surface area contributed by atoms with Crippen LogP contribution in [-0.2, 0) is 20.7 Å². The lowest BCUT2D eigenvalue weighted by atomic mass is 9.97. The first-order valence-electron chi connectivity index (χ1n) is 13.7. The van der Waals surface area contributed by atoms with E-state index in [2.05, 4.69) is 16.0 Å². The van der Waals surface area contributed by atoms with Gasteiger partial charge in [-0.25, -0.2) is 14.4 Å². The van der Waals surface area contributed by atoms with E-state index in [1.54, 1.807) is 84.0 Å². The van der Waals surface area contributed by atoms with Gasteiger partial charge in [-0.1, -0.05) is 30.7 Å². The number of halogens is 1. The molecule has 11 heteroatoms. The van der Waals surface area contributed by atoms with E-state index in [0.717, 1.165) is 0 Å². The predicted octanol–water partition coefficient (Wildman–Crippen LogP) is 5.96. The lowest BCUT2D eigenvalue weighted by Crippen LogP contribution is -2.47. The van der Waals surface area contributed by atoms with Crippen LogP contribution in [0.4, 0.5) is 9.59 Å². The van der Waals surface area contributed by atoms with Gasteiger partial charge in [0, 0.05) is 11.6 Å². The van der Waals surface area contributed by atoms with Crippen LogP contribution in [0.5, 0.6) is 5.75 Å². The van der Waals surface area contributed by atoms with Crippen molar-refractivity contribution in [2.24, 2.45) is 5.92 Å². The number of alkyl carbamates (subject to hydrolysis) is 1. The molecule has 10 nitrogen and oxygen atoms in total. The highest BCUT2D eigenvalue weighted by Gasteiger charge is 2.26. The summed E-state index contributed by atoms with van der Waals surface area (Å²) in [7, 11) is 1.50. The highest BCUT2D eigenvalue weighted by molar-refractivity contribution is 6.30. The molecule has 2 atom stereocenters. The number of hydrogen-bond donors (Lipinski definition) is 3. The molecule has 0 heterocycles. The summed E-state index contributed by atoms with van der Waals surface area (Å²) in [5.41, 5.74) is 0.272. The summed E-state index contributed by atoms with van der Waals surface area (Å²) >= 11 is 6.18. The number of carbonyl (C=O) groups excluding carboxylic acids is 4. The molecule has 230 valence electrons. The van der Waals surface area contributed by atoms with Gasteiger partial charge in [-0.2, -0.15) is 0 Å². The number of esters is 1. The predicted molar refractivity (Wildman–Crippen MR) is 161 cm³/mol. The van der Waals surface area contributed by atoms with Crippen LogP contribution in [0.25, 0.3) is 0 Å². The molecule has 2 aromatic rings. The number of rotatable bonds is 10. The zero-order chi connectivity index (χ0) is 31.7. The summed E-state index contributed by atoms with van der Waals surface area (Å²) in [6.45, 7) is 12.3. The van der Waals surface area contributed by atoms with E-state index in [1.165, 1.54) is 7.11 Å². The van der Waals surface area contributed by atoms with Gasteiger partial charge in [0.2, 0.25) is 5.91 Å². The zero-order valence-corrected chi connectivity index (χ0v) is 26.3. The second-order valence-electron chi connectivity index (χ2n) is 11.8. The second kappa shape index (κ2) is 14.9. The van der Waals surface area contributed by atoms with Crippen LogP contribution >= 0.6 is 11.6 Å². The molecule has 0 spiro atoms. The Morgan fingerprint density at radius 1 is 0.929 bits per heavy atom. The smallest absolute Gasteiger partial charge is 0.407 e. The number of ether oxygens (including phenoxy) is 3. The molecule has 2 aromatic carbocycles. The molecule has 3 N–H and O–H groups in total. The van der Waals surface area contributed by atoms with E-state index in [-0.39, 0.29) is 13.0 Å². The summed E-state index contributed by atoms with van der Waals surface area (Å²) in [5, 5.41) is 8.23. The molecule has 0 aliphatic heterocycles. The standard InChI is InChI=1S/C31H42ClN3O7/c1-9-24(19-11-10-12-20(15-19)27(37)41-30(2,3)4)34-28(38)35-26(36)22(18-33-29(39)42-31(5,6)7)16-21-17-23(32)13-14-25(21)40-8/h10-15,17,22,24H,9,16,18H2,1-8H3,(H,33,39)(H2,34,35,36,38). The molecule has 0 bridgehead atoms. The van der Waals surface area contributed by atoms with Gasteiger partial charge in [0.15, 0.2) is 0 Å². The number of benzene rings is 2. The van der Waals surface area contributed by atoms with Crippen molar-refractivity contribution in [2.45, 2.75) is 78.6 Å². The van der Waals surface area contributed by atoms with Crippen molar-refractivity contribution in [2.75, 3.05) is 13.7 Å². The molecule has 0 aliphatic rings. The number of imide groups is 1. The molecule has 0 saturated carbocycles. The van der Waals surface area contributed by atoms with Gasteiger partial charge in [-0.3, -0.25) is 10.1 Å². The summed E-state index contributed by atoms with van der Waals surface area (Å²) in [6.07, 6.45) is -0.0880. The third-order valence-electron chi connectivity index (χ3n) is 5.85. The number of nitrogens with one attached hydrogen (secondary N) is 3. The Morgan fingerprint density at radius 3 is 2.19 bits per heavy atom. The van der Waals surface area contributed by atoms with Crippen molar-refractivity contribution in [3.63, 3.8) is 0 Å². The van der Waals surface area contributed by atoms with Crippen LogP contribution in [0.1, 0.15) is 82.4 Å². The minimum Gasteiger partial charge on any atom is -0.496 e. The van der Waals surface area contributed by atoms with Crippen molar-refractivity contribution >= 4 is 35.6 Å². The number of carbonyl (C=O) groups is 4. The molecule has 0 aliphatic carbocycles. The molecule has 2 rings (SSSR count). The summed E-state index contributed by atoms with van der Waals surface area (Å²) < 4.78 is 16.2. The van der Waals surface area contributed by atoms with Crippen molar-refractivity contribution in [3.05, 3.63) is 64.2 Å². The van der Waals surface area contributed by atoms with Gasteiger partial charge < -0.3 is 24.8 Å². The maximum Gasteiger partial charge on any atom is 0.407 e. The summed E-state index contributed by atoms with van der Waals surface area (Å²) in [5.74, 6) is -1.46. The van der Waals surface area contributed by atoms with Crippen LogP contribution in [0.3, 0.4) is 0 Å². The quantitative estimate of drug-likeness (QED) is 0.285. The van der Waals surface area contributed by atoms with Gasteiger partial charge >= 0.3 is 18.1 Å². The fraction of sp³-hybridized carbons (Fsp3) is 0.484. The van der Waals surface area contributed by atoms with Crippen LogP contribution in [0.15, 0.2) is 42.5 Å². The lowest BCUT2D eigenvalue weighted by Gasteiger charge is -2.23. The van der Waals surface area contributed by atoms with Crippen LogP contribution in [0, 0.1) is 5.92 Å². The van der Waals surface area contributed by atoms with Crippen molar-refractivity contribution in [3.8, 4) is 5.75 Å². The Hall–Kier alpha value is -3.79. The van der Waals surface area contributed by atoms with E-state index in [1.807, 2.05) is 6.92 Å². The third kappa shape index (κ3) is 11.6. The van der Waals surface area contributed by atoms with E-state index in [0.29, 0.717) is 33.9 Å². The molecule has 4 amide bonds. The normalized spacial score (nSPS) is 12.9. The average molecular weight is 604 g/mol. The average Bonchev–Trinajstić information content (AvgIpc) is 2.87. The van der Waals surface area contributed by atoms with Gasteiger partial charge in [-0.15, -0.1) is 0 Å². The Balaban J connectivity index is 2.19. The van der Waals surface area contributed by atoms with Crippen LogP contribution in [0.2, 0.25) is 5.02 Å². The van der Waals surface area contributed by atoms with Gasteiger partial charge in [0.05, 0.1) is 24.6 Å². The van der Waals surface area contributed by atoms with Crippen LogP contribution < -0.4 is 20.7 Å². The molecule has 2 unspecified atom stereocenters. The monoisotopic (exact) mass is 603 g/mol. The second-order valence-corrected chi connectivity index (χ2v) is 12.2. The highest BCUT2D eigenvalue weighted by Crippen LogP contribution is 2.26. The molecule has 0 aromatic heterocycles. The molecule has 42 heavy (non-hydrogen) atoms. The molecular formula is C31H42ClN3O7. The molecule has 0 fully saturated rings. The number of methoxy groups -OCH3 is 1. The molecule has 0 saturated heterocycles. The first kappa shape index (κ1) is 34.4. The largest absolute Gasteiger partial charge is 0.496 e. The SMILES string of the molecule is CCC(NC(=O)NC(=O)C(CNC(=O)OC(C)(C)C)Cc1cc(Cl)ccc1OC)c1cccc(C(=O)OC(C)(C)C)c1. The lowest BCUT2D eigenvalue weighted by molar-refractivity contribution is -0.123. The van der Waals surface area contributed by atoms with Crippen molar-refractivity contribution < 1.29 is 33.4 Å². The van der Waals surface area contributed by atoms with Crippen molar-refractivity contribution in [1.29, 1.82) is 0 Å². The number of urea groups is 1. The highest BCUT2D eigenvalue weighted by atomic mass is 35.5. The van der Waals surface area contributed by atoms with Crippen molar-refractivity contribution in [1.82, 2.24) is 16.0 Å². The van der Waals surface area contributed by atoms with Gasteiger partial charge in [0.1, 0.15) is 17.0 Å². The Kier molecular flexibility index (Phi) is 12.2. The Bertz CT molecular complexity index is 1270. The van der Waals surface area contributed by atoms with Gasteiger partial charge in [-0.05, 0) is 95.8 Å². The van der Waals surface area contributed by atoms with E-state index in [9.17, 15) is 19.2 Å². The maximum absolute atomic E-state index is 13.3. The molecule has 0 radical (unpaired) electrons. The number of hydrogen-bond acceptors (Lipinski definition) is 7. The van der Waals surface area contributed by atoms with E-state index < -0.39 is 47.2 Å². The van der Waals surface area contributed by atoms with E-state index in [4.69, 9.17) is 25.8 Å². The first-order valence-corrected chi connectivity index (χ1v) is 14.1. The van der Waals surface area contributed by atoms with Gasteiger partial charge in [0.25, 0.3) is 0 Å². The molecular weight excluding hydrogens is 562 g/mol.